The van der Waals surface area contributed by atoms with Crippen LogP contribution < -0.4 is 5.73 Å². The molecule has 4 aliphatic carbocycles. The molecule has 0 spiro atoms. The van der Waals surface area contributed by atoms with E-state index in [1.165, 1.54) is 38.2 Å². The van der Waals surface area contributed by atoms with Crippen LogP contribution in [0.25, 0.3) is 0 Å². The van der Waals surface area contributed by atoms with Gasteiger partial charge >= 0.3 is 0 Å². The van der Waals surface area contributed by atoms with Gasteiger partial charge in [0.2, 0.25) is 0 Å². The summed E-state index contributed by atoms with van der Waals surface area (Å²) in [7, 11) is 0. The molecule has 4 saturated carbocycles. The number of halogens is 2. The monoisotopic (exact) mass is 337 g/mol. The van der Waals surface area contributed by atoms with Crippen LogP contribution in [0.5, 0.6) is 0 Å². The Hall–Kier alpha value is -0.410. The molecule has 0 saturated heterocycles. The molecule has 0 amide bonds. The van der Waals surface area contributed by atoms with Gasteiger partial charge in [-0.1, -0.05) is 6.07 Å². The van der Waals surface area contributed by atoms with E-state index < -0.39 is 0 Å². The number of hydrogen-bond donors (Lipinski definition) is 1. The fraction of sp³-hybridized carbons (Fsp3) is 0.647. The predicted molar refractivity (Wildman–Crippen MR) is 81.6 cm³/mol. The minimum Gasteiger partial charge on any atom is -0.324 e. The molecule has 0 radical (unpaired) electrons. The molecule has 0 aliphatic heterocycles. The Balaban J connectivity index is 1.62. The Kier molecular flexibility index (Phi) is 3.19. The van der Waals surface area contributed by atoms with Gasteiger partial charge in [-0.25, -0.2) is 4.39 Å². The van der Waals surface area contributed by atoms with Crippen LogP contribution in [-0.2, 0) is 0 Å². The molecule has 2 N–H and O–H groups in total. The molecule has 108 valence electrons. The van der Waals surface area contributed by atoms with Crippen LogP contribution in [0.15, 0.2) is 22.7 Å². The molecule has 1 atom stereocenters. The van der Waals surface area contributed by atoms with Crippen molar-refractivity contribution >= 4 is 15.9 Å². The van der Waals surface area contributed by atoms with Crippen LogP contribution in [0.3, 0.4) is 0 Å². The molecule has 1 aromatic rings. The minimum absolute atomic E-state index is 0.0712. The highest BCUT2D eigenvalue weighted by molar-refractivity contribution is 9.10. The highest BCUT2D eigenvalue weighted by atomic mass is 79.9. The normalized spacial score (nSPS) is 40.0. The van der Waals surface area contributed by atoms with Gasteiger partial charge in [-0.05, 0) is 95.3 Å². The summed E-state index contributed by atoms with van der Waals surface area (Å²) in [5.74, 6) is 3.98. The van der Waals surface area contributed by atoms with Crippen LogP contribution in [0, 0.1) is 35.4 Å². The first-order chi connectivity index (χ1) is 9.61. The zero-order valence-corrected chi connectivity index (χ0v) is 13.2. The van der Waals surface area contributed by atoms with E-state index >= 15 is 0 Å². The first-order valence-electron chi connectivity index (χ1n) is 7.82. The van der Waals surface area contributed by atoms with Gasteiger partial charge in [0.1, 0.15) is 5.82 Å². The zero-order chi connectivity index (χ0) is 13.9. The van der Waals surface area contributed by atoms with Gasteiger partial charge < -0.3 is 5.73 Å². The van der Waals surface area contributed by atoms with E-state index in [2.05, 4.69) is 15.9 Å². The first kappa shape index (κ1) is 13.3. The summed E-state index contributed by atoms with van der Waals surface area (Å²) in [5.41, 5.74) is 7.69. The Morgan fingerprint density at radius 1 is 1.05 bits per heavy atom. The highest BCUT2D eigenvalue weighted by Gasteiger charge is 2.50. The lowest BCUT2D eigenvalue weighted by Gasteiger charge is -2.56. The maximum Gasteiger partial charge on any atom is 0.137 e. The minimum atomic E-state index is -0.203. The van der Waals surface area contributed by atoms with E-state index in [1.54, 1.807) is 0 Å². The van der Waals surface area contributed by atoms with Crippen molar-refractivity contribution in [3.05, 3.63) is 34.1 Å². The third-order valence-corrected chi connectivity index (χ3v) is 6.65. The highest BCUT2D eigenvalue weighted by Crippen LogP contribution is 2.58. The molecule has 0 heterocycles. The molecule has 0 aromatic heterocycles. The standard InChI is InChI=1S/C17H21BrFN/c18-14-8-11(1-2-15(14)19)17(20)16-12-4-9-3-10(6-12)7-13(16)5-9/h1-2,8-10,12-13,16-17H,3-7,20H2. The van der Waals surface area contributed by atoms with Crippen molar-refractivity contribution in [3.63, 3.8) is 0 Å². The maximum atomic E-state index is 13.4. The van der Waals surface area contributed by atoms with Crippen molar-refractivity contribution in [2.45, 2.75) is 38.1 Å². The summed E-state index contributed by atoms with van der Waals surface area (Å²) in [6.45, 7) is 0. The summed E-state index contributed by atoms with van der Waals surface area (Å²) < 4.78 is 13.9. The van der Waals surface area contributed by atoms with Crippen molar-refractivity contribution in [2.75, 3.05) is 0 Å². The van der Waals surface area contributed by atoms with Crippen LogP contribution in [-0.4, -0.2) is 0 Å². The second-order valence-corrected chi connectivity index (χ2v) is 8.06. The third-order valence-electron chi connectivity index (χ3n) is 6.04. The van der Waals surface area contributed by atoms with Crippen LogP contribution >= 0.6 is 15.9 Å². The molecule has 3 heteroatoms. The average molecular weight is 338 g/mol. The van der Waals surface area contributed by atoms with E-state index in [4.69, 9.17) is 5.73 Å². The summed E-state index contributed by atoms with van der Waals surface area (Å²) in [5, 5.41) is 0. The molecule has 4 aliphatic rings. The molecule has 1 unspecified atom stereocenters. The van der Waals surface area contributed by atoms with E-state index in [0.29, 0.717) is 10.4 Å². The Morgan fingerprint density at radius 3 is 2.20 bits per heavy atom. The maximum absolute atomic E-state index is 13.4. The van der Waals surface area contributed by atoms with Gasteiger partial charge in [-0.2, -0.15) is 0 Å². The summed E-state index contributed by atoms with van der Waals surface area (Å²) >= 11 is 3.29. The SMILES string of the molecule is NC(c1ccc(F)c(Br)c1)C1C2CC3CC(C2)CC1C3. The Bertz CT molecular complexity index is 502. The number of rotatable bonds is 2. The van der Waals surface area contributed by atoms with Gasteiger partial charge in [-0.3, -0.25) is 0 Å². The number of hydrogen-bond acceptors (Lipinski definition) is 1. The van der Waals surface area contributed by atoms with Crippen molar-refractivity contribution in [1.82, 2.24) is 0 Å². The van der Waals surface area contributed by atoms with Gasteiger partial charge in [-0.15, -0.1) is 0 Å². The second-order valence-electron chi connectivity index (χ2n) is 7.21. The Morgan fingerprint density at radius 2 is 1.65 bits per heavy atom. The lowest BCUT2D eigenvalue weighted by atomic mass is 9.50. The second kappa shape index (κ2) is 4.81. The van der Waals surface area contributed by atoms with E-state index in [-0.39, 0.29) is 11.9 Å². The van der Waals surface area contributed by atoms with Crippen molar-refractivity contribution in [2.24, 2.45) is 35.3 Å². The van der Waals surface area contributed by atoms with Crippen molar-refractivity contribution in [3.8, 4) is 0 Å². The fourth-order valence-corrected chi connectivity index (χ4v) is 5.89. The summed E-state index contributed by atoms with van der Waals surface area (Å²) in [6, 6.07) is 5.36. The Labute approximate surface area is 128 Å². The van der Waals surface area contributed by atoms with Crippen molar-refractivity contribution < 1.29 is 4.39 Å². The van der Waals surface area contributed by atoms with Gasteiger partial charge in [0.05, 0.1) is 4.47 Å². The lowest BCUT2D eigenvalue weighted by molar-refractivity contribution is -0.0471. The van der Waals surface area contributed by atoms with Crippen LogP contribution in [0.1, 0.15) is 43.7 Å². The number of nitrogens with two attached hydrogens (primary N) is 1. The molecular weight excluding hydrogens is 317 g/mol. The number of benzene rings is 1. The smallest absolute Gasteiger partial charge is 0.137 e. The topological polar surface area (TPSA) is 26.0 Å². The average Bonchev–Trinajstić information content (AvgIpc) is 2.40. The molecule has 4 bridgehead atoms. The van der Waals surface area contributed by atoms with E-state index in [1.807, 2.05) is 12.1 Å². The molecule has 1 nitrogen and oxygen atoms in total. The van der Waals surface area contributed by atoms with E-state index in [9.17, 15) is 4.39 Å². The van der Waals surface area contributed by atoms with Gasteiger partial charge in [0, 0.05) is 6.04 Å². The third kappa shape index (κ3) is 2.05. The van der Waals surface area contributed by atoms with Crippen LogP contribution in [0.2, 0.25) is 0 Å². The van der Waals surface area contributed by atoms with E-state index in [0.717, 1.165) is 29.2 Å². The van der Waals surface area contributed by atoms with Crippen molar-refractivity contribution in [1.29, 1.82) is 0 Å². The largest absolute Gasteiger partial charge is 0.324 e. The molecule has 5 rings (SSSR count). The van der Waals surface area contributed by atoms with Gasteiger partial charge in [0.25, 0.3) is 0 Å². The molecule has 1 aromatic carbocycles. The molecule has 20 heavy (non-hydrogen) atoms. The van der Waals surface area contributed by atoms with Gasteiger partial charge in [0.15, 0.2) is 0 Å². The zero-order valence-electron chi connectivity index (χ0n) is 11.6. The summed E-state index contributed by atoms with van der Waals surface area (Å²) in [4.78, 5) is 0. The predicted octanol–water partition coefficient (Wildman–Crippen LogP) is 4.66. The quantitative estimate of drug-likeness (QED) is 0.834. The lowest BCUT2D eigenvalue weighted by Crippen LogP contribution is -2.48. The van der Waals surface area contributed by atoms with Crippen LogP contribution in [0.4, 0.5) is 4.39 Å². The molecule has 4 fully saturated rings. The molecular formula is C17H21BrFN. The fourth-order valence-electron chi connectivity index (χ4n) is 5.50. The summed E-state index contributed by atoms with van der Waals surface area (Å²) in [6.07, 6.45) is 7.00. The first-order valence-corrected chi connectivity index (χ1v) is 8.61.